The highest BCUT2D eigenvalue weighted by molar-refractivity contribution is 6.70. The topological polar surface area (TPSA) is 26.3 Å². The van der Waals surface area contributed by atoms with Crippen LogP contribution >= 0.6 is 0 Å². The van der Waals surface area contributed by atoms with Crippen LogP contribution in [0.15, 0.2) is 12.2 Å². The highest BCUT2D eigenvalue weighted by atomic mass is 28.4. The normalized spacial score (nSPS) is 12.0. The first kappa shape index (κ1) is 20.4. The molecule has 0 spiro atoms. The summed E-state index contributed by atoms with van der Waals surface area (Å²) in [6, 6.07) is 0.818. The summed E-state index contributed by atoms with van der Waals surface area (Å²) in [5, 5.41) is 0. The van der Waals surface area contributed by atoms with Crippen LogP contribution in [0.25, 0.3) is 0 Å². The van der Waals surface area contributed by atoms with Gasteiger partial charge in [-0.15, -0.1) is 0 Å². The first-order valence-corrected chi connectivity index (χ1v) is 11.5. The molecule has 0 heterocycles. The van der Waals surface area contributed by atoms with E-state index in [4.69, 9.17) is 4.74 Å². The third-order valence-electron chi connectivity index (χ3n) is 3.46. The number of halogens is 1. The Balaban J connectivity index is 3.14. The molecule has 0 aliphatic carbocycles. The minimum atomic E-state index is -2.30. The molecule has 124 valence electrons. The van der Waals surface area contributed by atoms with E-state index < -0.39 is 8.41 Å². The van der Waals surface area contributed by atoms with Crippen molar-refractivity contribution in [2.75, 3.05) is 6.61 Å². The number of hydrogen-bond donors (Lipinski definition) is 0. The summed E-state index contributed by atoms with van der Waals surface area (Å²) in [6.45, 7) is 5.93. The Bertz CT molecular complexity index is 285. The molecule has 0 fully saturated rings. The third-order valence-corrected chi connectivity index (χ3v) is 5.01. The molecule has 0 radical (unpaired) electrons. The van der Waals surface area contributed by atoms with Crippen molar-refractivity contribution >= 4 is 14.4 Å². The summed E-state index contributed by atoms with van der Waals surface area (Å²) >= 11 is 0. The molecule has 0 bridgehead atoms. The third kappa shape index (κ3) is 17.3. The predicted octanol–water partition coefficient (Wildman–Crippen LogP) is 5.79. The molecule has 0 aliphatic rings. The van der Waals surface area contributed by atoms with Gasteiger partial charge in [-0.3, -0.25) is 0 Å². The Kier molecular flexibility index (Phi) is 12.7. The smallest absolute Gasteiger partial charge is 0.330 e. The second-order valence-corrected chi connectivity index (χ2v) is 10.3. The van der Waals surface area contributed by atoms with E-state index in [2.05, 4.69) is 0 Å². The van der Waals surface area contributed by atoms with E-state index in [-0.39, 0.29) is 5.97 Å². The lowest BCUT2D eigenvalue weighted by atomic mass is 10.1. The van der Waals surface area contributed by atoms with Gasteiger partial charge in [0.1, 0.15) is 0 Å². The maximum Gasteiger partial charge on any atom is 0.330 e. The number of rotatable bonds is 13. The van der Waals surface area contributed by atoms with Crippen LogP contribution in [0.4, 0.5) is 4.11 Å². The highest BCUT2D eigenvalue weighted by Gasteiger charge is 2.18. The van der Waals surface area contributed by atoms with Crippen molar-refractivity contribution in [2.24, 2.45) is 0 Å². The summed E-state index contributed by atoms with van der Waals surface area (Å²) in [7, 11) is -2.30. The fourth-order valence-corrected chi connectivity index (χ4v) is 3.33. The van der Waals surface area contributed by atoms with Gasteiger partial charge in [-0.1, -0.05) is 57.4 Å². The van der Waals surface area contributed by atoms with Crippen LogP contribution in [-0.2, 0) is 9.53 Å². The zero-order valence-corrected chi connectivity index (χ0v) is 15.1. The van der Waals surface area contributed by atoms with Gasteiger partial charge in [0.15, 0.2) is 0 Å². The van der Waals surface area contributed by atoms with E-state index in [9.17, 15) is 8.90 Å². The van der Waals surface area contributed by atoms with Gasteiger partial charge in [-0.05, 0) is 32.5 Å². The molecule has 0 aromatic heterocycles. The summed E-state index contributed by atoms with van der Waals surface area (Å²) in [6.07, 6.45) is 13.7. The number of ether oxygens (including phenoxy) is 1. The van der Waals surface area contributed by atoms with Gasteiger partial charge in [-0.2, -0.15) is 0 Å². The zero-order chi connectivity index (χ0) is 16.0. The molecular weight excluding hydrogens is 283 g/mol. The molecule has 0 atom stereocenters. The quantitative estimate of drug-likeness (QED) is 0.141. The van der Waals surface area contributed by atoms with Crippen molar-refractivity contribution in [3.05, 3.63) is 12.2 Å². The van der Waals surface area contributed by atoms with Crippen LogP contribution in [0.3, 0.4) is 0 Å². The second-order valence-electron chi connectivity index (χ2n) is 6.32. The van der Waals surface area contributed by atoms with Crippen LogP contribution in [0, 0.1) is 0 Å². The molecule has 0 aromatic rings. The van der Waals surface area contributed by atoms with E-state index in [1.807, 2.05) is 6.92 Å². The second kappa shape index (κ2) is 13.1. The molecule has 0 rings (SSSR count). The number of allylic oxidation sites excluding steroid dienone is 1. The molecule has 4 heteroatoms. The molecule has 21 heavy (non-hydrogen) atoms. The van der Waals surface area contributed by atoms with E-state index in [0.29, 0.717) is 6.61 Å². The summed E-state index contributed by atoms with van der Waals surface area (Å²) < 4.78 is 18.4. The Morgan fingerprint density at radius 2 is 1.43 bits per heavy atom. The number of esters is 1. The molecule has 0 saturated carbocycles. The molecule has 0 aliphatic heterocycles. The van der Waals surface area contributed by atoms with Crippen LogP contribution in [0.5, 0.6) is 0 Å². The molecule has 0 saturated heterocycles. The first-order valence-electron chi connectivity index (χ1n) is 8.44. The Morgan fingerprint density at radius 1 is 0.952 bits per heavy atom. The summed E-state index contributed by atoms with van der Waals surface area (Å²) in [5.74, 6) is -0.239. The SMILES string of the molecule is CC=CC(=O)OCCCCCCCCCCC[Si](C)(C)F. The lowest BCUT2D eigenvalue weighted by molar-refractivity contribution is -0.137. The van der Waals surface area contributed by atoms with Gasteiger partial charge in [0.25, 0.3) is 0 Å². The maximum atomic E-state index is 13.4. The number of unbranched alkanes of at least 4 members (excludes halogenated alkanes) is 8. The van der Waals surface area contributed by atoms with Gasteiger partial charge in [0, 0.05) is 6.08 Å². The van der Waals surface area contributed by atoms with Gasteiger partial charge < -0.3 is 8.84 Å². The molecule has 0 aromatic carbocycles. The van der Waals surface area contributed by atoms with Gasteiger partial charge in [0.2, 0.25) is 8.41 Å². The first-order chi connectivity index (χ1) is 9.95. The summed E-state index contributed by atoms with van der Waals surface area (Å²) in [5.41, 5.74) is 0. The minimum Gasteiger partial charge on any atom is -0.463 e. The van der Waals surface area contributed by atoms with E-state index in [1.165, 1.54) is 44.6 Å². The Labute approximate surface area is 131 Å². The Hall–Kier alpha value is -0.643. The molecule has 0 amide bonds. The van der Waals surface area contributed by atoms with E-state index in [0.717, 1.165) is 25.3 Å². The van der Waals surface area contributed by atoms with Crippen LogP contribution in [-0.4, -0.2) is 21.0 Å². The van der Waals surface area contributed by atoms with Crippen molar-refractivity contribution < 1.29 is 13.6 Å². The van der Waals surface area contributed by atoms with Gasteiger partial charge >= 0.3 is 5.97 Å². The lowest BCUT2D eigenvalue weighted by Gasteiger charge is -2.09. The highest BCUT2D eigenvalue weighted by Crippen LogP contribution is 2.17. The average Bonchev–Trinajstić information content (AvgIpc) is 2.39. The van der Waals surface area contributed by atoms with Crippen molar-refractivity contribution in [3.8, 4) is 0 Å². The summed E-state index contributed by atoms with van der Waals surface area (Å²) in [4.78, 5) is 11.0. The standard InChI is InChI=1S/C17H33FO2Si/c1-4-14-17(19)20-15-12-10-8-6-5-7-9-11-13-16-21(2,3)18/h4,14H,5-13,15-16H2,1-3H3. The molecular formula is C17H33FO2Si. The van der Waals surface area contributed by atoms with Crippen LogP contribution < -0.4 is 0 Å². The number of carbonyl (C=O) groups excluding carboxylic acids is 1. The van der Waals surface area contributed by atoms with Gasteiger partial charge in [0.05, 0.1) is 6.61 Å². The number of hydrogen-bond acceptors (Lipinski definition) is 2. The zero-order valence-electron chi connectivity index (χ0n) is 14.1. The molecule has 2 nitrogen and oxygen atoms in total. The van der Waals surface area contributed by atoms with Crippen molar-refractivity contribution in [1.29, 1.82) is 0 Å². The fourth-order valence-electron chi connectivity index (χ4n) is 2.24. The lowest BCUT2D eigenvalue weighted by Crippen LogP contribution is -2.16. The van der Waals surface area contributed by atoms with Crippen molar-refractivity contribution in [2.45, 2.75) is 83.8 Å². The van der Waals surface area contributed by atoms with Gasteiger partial charge in [-0.25, -0.2) is 4.79 Å². The largest absolute Gasteiger partial charge is 0.463 e. The van der Waals surface area contributed by atoms with Crippen LogP contribution in [0.2, 0.25) is 19.1 Å². The minimum absolute atomic E-state index is 0.239. The maximum absolute atomic E-state index is 13.4. The fraction of sp³-hybridized carbons (Fsp3) is 0.824. The van der Waals surface area contributed by atoms with Crippen molar-refractivity contribution in [3.63, 3.8) is 0 Å². The molecule has 0 unspecified atom stereocenters. The Morgan fingerprint density at radius 3 is 1.90 bits per heavy atom. The van der Waals surface area contributed by atoms with Crippen molar-refractivity contribution in [1.82, 2.24) is 0 Å². The molecule has 0 N–H and O–H groups in total. The predicted molar refractivity (Wildman–Crippen MR) is 90.7 cm³/mol. The number of carbonyl (C=O) groups is 1. The van der Waals surface area contributed by atoms with E-state index >= 15 is 0 Å². The average molecular weight is 317 g/mol. The van der Waals surface area contributed by atoms with E-state index in [1.54, 1.807) is 19.2 Å². The monoisotopic (exact) mass is 316 g/mol. The van der Waals surface area contributed by atoms with Crippen LogP contribution in [0.1, 0.15) is 64.7 Å².